The van der Waals surface area contributed by atoms with Crippen LogP contribution in [-0.4, -0.2) is 30.3 Å². The average Bonchev–Trinajstić information content (AvgIpc) is 2.41. The Morgan fingerprint density at radius 1 is 0.944 bits per heavy atom. The summed E-state index contributed by atoms with van der Waals surface area (Å²) in [5.41, 5.74) is 0. The molecule has 1 aromatic rings. The summed E-state index contributed by atoms with van der Waals surface area (Å²) in [4.78, 5) is 4.04. The van der Waals surface area contributed by atoms with Crippen LogP contribution in [-0.2, 0) is 0 Å². The summed E-state index contributed by atoms with van der Waals surface area (Å²) in [5, 5.41) is 0. The van der Waals surface area contributed by atoms with E-state index >= 15 is 0 Å². The molecule has 2 rings (SSSR count). The third-order valence-corrected chi connectivity index (χ3v) is 4.43. The molecule has 0 aromatic heterocycles. The van der Waals surface area contributed by atoms with Gasteiger partial charge in [0.05, 0.1) is 0 Å². The summed E-state index contributed by atoms with van der Waals surface area (Å²) < 4.78 is 0. The summed E-state index contributed by atoms with van der Waals surface area (Å²) >= 11 is 1.99. The van der Waals surface area contributed by atoms with Gasteiger partial charge in [0.2, 0.25) is 0 Å². The number of unbranched alkanes of at least 4 members (excludes halogenated alkanes) is 1. The van der Waals surface area contributed by atoms with Crippen LogP contribution >= 0.6 is 24.2 Å². The Balaban J connectivity index is 0.00000162. The molecule has 1 aromatic carbocycles. The van der Waals surface area contributed by atoms with Gasteiger partial charge >= 0.3 is 0 Å². The minimum atomic E-state index is 0. The summed E-state index contributed by atoms with van der Waals surface area (Å²) in [6.45, 7) is 3.99. The van der Waals surface area contributed by atoms with Crippen LogP contribution in [0.1, 0.15) is 32.1 Å². The highest BCUT2D eigenvalue weighted by Gasteiger charge is 2.08. The first-order chi connectivity index (χ1) is 8.45. The Labute approximate surface area is 122 Å². The van der Waals surface area contributed by atoms with Gasteiger partial charge in [-0.1, -0.05) is 24.6 Å². The lowest BCUT2D eigenvalue weighted by Gasteiger charge is -2.26. The first-order valence-corrected chi connectivity index (χ1v) is 7.84. The lowest BCUT2D eigenvalue weighted by atomic mass is 10.1. The molecule has 0 unspecified atom stereocenters. The normalized spacial score (nSPS) is 16.2. The molecule has 102 valence electrons. The van der Waals surface area contributed by atoms with Crippen molar-refractivity contribution in [1.29, 1.82) is 0 Å². The number of hydrogen-bond acceptors (Lipinski definition) is 2. The Kier molecular flexibility index (Phi) is 8.57. The first kappa shape index (κ1) is 15.9. The molecule has 3 heteroatoms. The SMILES string of the molecule is Cl.c1ccc(SCCCCN2CCCCC2)cc1. The average molecular weight is 286 g/mol. The number of likely N-dealkylation sites (tertiary alicyclic amines) is 1. The second-order valence-electron chi connectivity index (χ2n) is 4.77. The molecule has 0 bridgehead atoms. The molecule has 0 radical (unpaired) electrons. The predicted molar refractivity (Wildman–Crippen MR) is 83.9 cm³/mol. The topological polar surface area (TPSA) is 3.24 Å². The Morgan fingerprint density at radius 2 is 1.67 bits per heavy atom. The maximum atomic E-state index is 2.64. The third-order valence-electron chi connectivity index (χ3n) is 3.33. The second kappa shape index (κ2) is 9.71. The van der Waals surface area contributed by atoms with Crippen molar-refractivity contribution in [2.75, 3.05) is 25.4 Å². The van der Waals surface area contributed by atoms with E-state index in [9.17, 15) is 0 Å². The van der Waals surface area contributed by atoms with Gasteiger partial charge < -0.3 is 4.90 Å². The number of nitrogens with zero attached hydrogens (tertiary/aromatic N) is 1. The minimum absolute atomic E-state index is 0. The molecule has 1 fully saturated rings. The van der Waals surface area contributed by atoms with E-state index in [1.165, 1.54) is 62.4 Å². The summed E-state index contributed by atoms with van der Waals surface area (Å²) in [7, 11) is 0. The number of piperidine rings is 1. The number of hydrogen-bond donors (Lipinski definition) is 0. The number of benzene rings is 1. The van der Waals surface area contributed by atoms with E-state index in [0.29, 0.717) is 0 Å². The maximum absolute atomic E-state index is 2.64. The summed E-state index contributed by atoms with van der Waals surface area (Å²) in [5.74, 6) is 1.26. The smallest absolute Gasteiger partial charge is 0.00719 e. The van der Waals surface area contributed by atoms with Crippen molar-refractivity contribution in [2.24, 2.45) is 0 Å². The van der Waals surface area contributed by atoms with E-state index < -0.39 is 0 Å². The number of rotatable bonds is 6. The predicted octanol–water partition coefficient (Wildman–Crippen LogP) is 4.47. The minimum Gasteiger partial charge on any atom is -0.303 e. The van der Waals surface area contributed by atoms with Gasteiger partial charge in [-0.2, -0.15) is 0 Å². The van der Waals surface area contributed by atoms with Gasteiger partial charge in [-0.3, -0.25) is 0 Å². The zero-order valence-corrected chi connectivity index (χ0v) is 12.6. The molecule has 1 saturated heterocycles. The van der Waals surface area contributed by atoms with E-state index in [1.54, 1.807) is 0 Å². The van der Waals surface area contributed by atoms with Gasteiger partial charge in [0.1, 0.15) is 0 Å². The van der Waals surface area contributed by atoms with Crippen molar-refractivity contribution < 1.29 is 0 Å². The van der Waals surface area contributed by atoms with Crippen molar-refractivity contribution in [2.45, 2.75) is 37.0 Å². The van der Waals surface area contributed by atoms with Crippen LogP contribution < -0.4 is 0 Å². The Hall–Kier alpha value is -0.180. The van der Waals surface area contributed by atoms with E-state index in [4.69, 9.17) is 0 Å². The lowest BCUT2D eigenvalue weighted by molar-refractivity contribution is 0.226. The van der Waals surface area contributed by atoms with Crippen LogP contribution in [0, 0.1) is 0 Å². The van der Waals surface area contributed by atoms with Crippen molar-refractivity contribution in [3.63, 3.8) is 0 Å². The van der Waals surface area contributed by atoms with Crippen molar-refractivity contribution in [3.05, 3.63) is 30.3 Å². The molecular weight excluding hydrogens is 262 g/mol. The third kappa shape index (κ3) is 6.12. The first-order valence-electron chi connectivity index (χ1n) is 6.85. The second-order valence-corrected chi connectivity index (χ2v) is 5.94. The molecule has 1 heterocycles. The number of halogens is 1. The molecular formula is C15H24ClNS. The van der Waals surface area contributed by atoms with Gasteiger partial charge in [-0.05, 0) is 63.2 Å². The maximum Gasteiger partial charge on any atom is 0.00719 e. The van der Waals surface area contributed by atoms with Crippen molar-refractivity contribution >= 4 is 24.2 Å². The fraction of sp³-hybridized carbons (Fsp3) is 0.600. The molecule has 0 spiro atoms. The van der Waals surface area contributed by atoms with Gasteiger partial charge in [0, 0.05) is 4.90 Å². The van der Waals surface area contributed by atoms with E-state index in [0.717, 1.165) is 0 Å². The van der Waals surface area contributed by atoms with E-state index in [1.807, 2.05) is 11.8 Å². The largest absolute Gasteiger partial charge is 0.303 e. The zero-order chi connectivity index (χ0) is 11.8. The lowest BCUT2D eigenvalue weighted by Crippen LogP contribution is -2.30. The number of thioether (sulfide) groups is 1. The Bertz CT molecular complexity index is 299. The molecule has 0 atom stereocenters. The van der Waals surface area contributed by atoms with E-state index in [-0.39, 0.29) is 12.4 Å². The molecule has 1 aliphatic heterocycles. The van der Waals surface area contributed by atoms with Crippen molar-refractivity contribution in [3.8, 4) is 0 Å². The van der Waals surface area contributed by atoms with Crippen molar-refractivity contribution in [1.82, 2.24) is 4.90 Å². The van der Waals surface area contributed by atoms with Crippen LogP contribution in [0.5, 0.6) is 0 Å². The van der Waals surface area contributed by atoms with E-state index in [2.05, 4.69) is 35.2 Å². The quantitative estimate of drug-likeness (QED) is 0.560. The van der Waals surface area contributed by atoms with Gasteiger partial charge in [-0.25, -0.2) is 0 Å². The molecule has 1 nitrogen and oxygen atoms in total. The van der Waals surface area contributed by atoms with Crippen LogP contribution in [0.15, 0.2) is 35.2 Å². The van der Waals surface area contributed by atoms with Crippen LogP contribution in [0.25, 0.3) is 0 Å². The standard InChI is InChI=1S/C15H23NS.ClH/c1-3-9-15(10-4-1)17-14-8-7-13-16-11-5-2-6-12-16;/h1,3-4,9-10H,2,5-8,11-14H2;1H. The van der Waals surface area contributed by atoms with Crippen LogP contribution in [0.4, 0.5) is 0 Å². The van der Waals surface area contributed by atoms with Crippen LogP contribution in [0.3, 0.4) is 0 Å². The molecule has 0 N–H and O–H groups in total. The monoisotopic (exact) mass is 285 g/mol. The van der Waals surface area contributed by atoms with Gasteiger partial charge in [0.25, 0.3) is 0 Å². The fourth-order valence-electron chi connectivity index (χ4n) is 2.33. The summed E-state index contributed by atoms with van der Waals surface area (Å²) in [6, 6.07) is 10.7. The highest BCUT2D eigenvalue weighted by Crippen LogP contribution is 2.18. The molecule has 1 aliphatic rings. The van der Waals surface area contributed by atoms with Gasteiger partial charge in [0.15, 0.2) is 0 Å². The zero-order valence-electron chi connectivity index (χ0n) is 11.0. The fourth-order valence-corrected chi connectivity index (χ4v) is 3.26. The highest BCUT2D eigenvalue weighted by atomic mass is 35.5. The van der Waals surface area contributed by atoms with Gasteiger partial charge in [-0.15, -0.1) is 24.2 Å². The highest BCUT2D eigenvalue weighted by molar-refractivity contribution is 7.99. The Morgan fingerprint density at radius 3 is 2.39 bits per heavy atom. The molecule has 0 saturated carbocycles. The molecule has 0 aliphatic carbocycles. The summed E-state index contributed by atoms with van der Waals surface area (Å²) in [6.07, 6.45) is 6.98. The van der Waals surface area contributed by atoms with Crippen LogP contribution in [0.2, 0.25) is 0 Å². The molecule has 18 heavy (non-hydrogen) atoms. The molecule has 0 amide bonds.